The largest absolute Gasteiger partial charge is 0.504 e. The number of piperazine rings is 1. The Balaban J connectivity index is 1.45. The highest BCUT2D eigenvalue weighted by atomic mass is 16.5. The summed E-state index contributed by atoms with van der Waals surface area (Å²) < 4.78 is 17.2. The highest BCUT2D eigenvalue weighted by Crippen LogP contribution is 2.36. The number of phenolic OH excluding ortho intramolecular Hbond substituents is 1. The molecule has 0 spiro atoms. The van der Waals surface area contributed by atoms with Crippen LogP contribution in [0.15, 0.2) is 42.5 Å². The molecule has 0 saturated carbocycles. The molecule has 1 aromatic heterocycles. The van der Waals surface area contributed by atoms with Crippen LogP contribution in [0.25, 0.3) is 0 Å². The molecule has 1 N–H and O–H groups in total. The normalized spacial score (nSPS) is 16.5. The van der Waals surface area contributed by atoms with Gasteiger partial charge in [0.1, 0.15) is 0 Å². The maximum Gasteiger partial charge on any atom is 0.229 e. The number of para-hydroxylation sites is 2. The lowest BCUT2D eigenvalue weighted by molar-refractivity contribution is 0.237. The summed E-state index contributed by atoms with van der Waals surface area (Å²) in [7, 11) is 5.34. The van der Waals surface area contributed by atoms with Gasteiger partial charge in [0.15, 0.2) is 23.0 Å². The molecule has 2 aromatic carbocycles. The van der Waals surface area contributed by atoms with Crippen LogP contribution in [-0.4, -0.2) is 78.9 Å². The second-order valence-electron chi connectivity index (χ2n) is 9.26. The van der Waals surface area contributed by atoms with Crippen molar-refractivity contribution in [1.82, 2.24) is 19.8 Å². The van der Waals surface area contributed by atoms with E-state index in [9.17, 15) is 5.11 Å². The fourth-order valence-electron chi connectivity index (χ4n) is 4.68. The zero-order valence-corrected chi connectivity index (χ0v) is 21.1. The Hall–Kier alpha value is -3.56. The molecular formula is C27H33N5O4. The number of methoxy groups -OCH3 is 2. The van der Waals surface area contributed by atoms with Gasteiger partial charge in [-0.25, -0.2) is 4.98 Å². The van der Waals surface area contributed by atoms with Crippen LogP contribution in [0.4, 0.5) is 5.95 Å². The molecule has 1 saturated heterocycles. The first-order valence-corrected chi connectivity index (χ1v) is 12.3. The zero-order chi connectivity index (χ0) is 25.1. The molecule has 36 heavy (non-hydrogen) atoms. The third-order valence-corrected chi connectivity index (χ3v) is 6.80. The number of fused-ring (bicyclic) bond motifs is 1. The summed E-state index contributed by atoms with van der Waals surface area (Å²) in [4.78, 5) is 16.8. The highest BCUT2D eigenvalue weighted by Gasteiger charge is 2.27. The van der Waals surface area contributed by atoms with Crippen molar-refractivity contribution in [2.24, 2.45) is 0 Å². The highest BCUT2D eigenvalue weighted by molar-refractivity contribution is 5.47. The average Bonchev–Trinajstić information content (AvgIpc) is 2.90. The van der Waals surface area contributed by atoms with E-state index in [-0.39, 0.29) is 5.75 Å². The number of hydrogen-bond acceptors (Lipinski definition) is 9. The number of aromatic hydroxyl groups is 1. The number of nitrogens with zero attached hydrogens (tertiary/aromatic N) is 5. The Kier molecular flexibility index (Phi) is 7.11. The van der Waals surface area contributed by atoms with Gasteiger partial charge in [-0.3, -0.25) is 4.90 Å². The number of aromatic nitrogens is 2. The Morgan fingerprint density at radius 1 is 0.889 bits per heavy atom. The van der Waals surface area contributed by atoms with Crippen LogP contribution >= 0.6 is 0 Å². The first-order valence-electron chi connectivity index (χ1n) is 12.3. The molecule has 0 unspecified atom stereocenters. The second kappa shape index (κ2) is 10.6. The summed E-state index contributed by atoms with van der Waals surface area (Å²) in [5.41, 5.74) is 3.09. The van der Waals surface area contributed by atoms with E-state index in [4.69, 9.17) is 24.2 Å². The van der Waals surface area contributed by atoms with Crippen LogP contribution in [0.1, 0.15) is 16.8 Å². The number of rotatable bonds is 7. The lowest BCUT2D eigenvalue weighted by atomic mass is 10.1. The van der Waals surface area contributed by atoms with Crippen LogP contribution in [0.5, 0.6) is 28.9 Å². The van der Waals surface area contributed by atoms with Gasteiger partial charge >= 0.3 is 0 Å². The summed E-state index contributed by atoms with van der Waals surface area (Å²) in [6.07, 6.45) is 0.802. The summed E-state index contributed by atoms with van der Waals surface area (Å²) >= 11 is 0. The molecule has 5 rings (SSSR count). The van der Waals surface area contributed by atoms with E-state index in [0.717, 1.165) is 61.9 Å². The smallest absolute Gasteiger partial charge is 0.229 e. The van der Waals surface area contributed by atoms with Crippen LogP contribution in [-0.2, 0) is 19.5 Å². The van der Waals surface area contributed by atoms with E-state index < -0.39 is 0 Å². The molecule has 3 aromatic rings. The van der Waals surface area contributed by atoms with E-state index in [1.165, 1.54) is 0 Å². The first kappa shape index (κ1) is 24.1. The molecule has 3 heterocycles. The summed E-state index contributed by atoms with van der Waals surface area (Å²) in [6.45, 7) is 5.97. The minimum absolute atomic E-state index is 0.141. The Bertz CT molecular complexity index is 1210. The van der Waals surface area contributed by atoms with E-state index in [1.54, 1.807) is 20.3 Å². The second-order valence-corrected chi connectivity index (χ2v) is 9.26. The van der Waals surface area contributed by atoms with Gasteiger partial charge < -0.3 is 29.1 Å². The predicted octanol–water partition coefficient (Wildman–Crippen LogP) is 3.30. The number of phenols is 1. The van der Waals surface area contributed by atoms with Crippen molar-refractivity contribution in [3.63, 3.8) is 0 Å². The van der Waals surface area contributed by atoms with Crippen LogP contribution < -0.4 is 19.1 Å². The molecular weight excluding hydrogens is 458 g/mol. The van der Waals surface area contributed by atoms with Gasteiger partial charge in [0.05, 0.1) is 25.5 Å². The molecule has 1 fully saturated rings. The summed E-state index contributed by atoms with van der Waals surface area (Å²) in [6, 6.07) is 13.1. The van der Waals surface area contributed by atoms with E-state index in [0.29, 0.717) is 36.2 Å². The molecule has 0 radical (unpaired) electrons. The molecule has 9 nitrogen and oxygen atoms in total. The quantitative estimate of drug-likeness (QED) is 0.535. The van der Waals surface area contributed by atoms with Crippen molar-refractivity contribution in [1.29, 1.82) is 0 Å². The minimum atomic E-state index is 0.141. The van der Waals surface area contributed by atoms with Gasteiger partial charge in [0.2, 0.25) is 11.8 Å². The molecule has 0 aliphatic carbocycles. The monoisotopic (exact) mass is 491 g/mol. The standard InChI is InChI=1S/C27H33N5O4/c1-30-12-14-32(15-13-30)27-28-21-10-11-31(17-19-8-9-22(33)25(16-19)35-3)18-20(21)26(29-27)36-24-7-5-4-6-23(24)34-2/h4-9,16,33H,10-15,17-18H2,1-3H3. The number of ether oxygens (including phenoxy) is 3. The Morgan fingerprint density at radius 2 is 1.64 bits per heavy atom. The van der Waals surface area contributed by atoms with Gasteiger partial charge in [0.25, 0.3) is 0 Å². The molecule has 0 atom stereocenters. The molecule has 9 heteroatoms. The number of anilines is 1. The van der Waals surface area contributed by atoms with Crippen LogP contribution in [0.2, 0.25) is 0 Å². The fourth-order valence-corrected chi connectivity index (χ4v) is 4.68. The van der Waals surface area contributed by atoms with E-state index >= 15 is 0 Å². The summed E-state index contributed by atoms with van der Waals surface area (Å²) in [5, 5.41) is 9.95. The van der Waals surface area contributed by atoms with Gasteiger partial charge in [-0.05, 0) is 36.9 Å². The van der Waals surface area contributed by atoms with Crippen molar-refractivity contribution >= 4 is 5.95 Å². The average molecular weight is 492 g/mol. The molecule has 0 bridgehead atoms. The van der Waals surface area contributed by atoms with Crippen molar-refractivity contribution in [2.75, 3.05) is 58.9 Å². The number of hydrogen-bond donors (Lipinski definition) is 1. The molecule has 190 valence electrons. The Morgan fingerprint density at radius 3 is 2.39 bits per heavy atom. The first-order chi connectivity index (χ1) is 17.5. The topological polar surface area (TPSA) is 83.4 Å². The number of likely N-dealkylation sites (N-methyl/N-ethyl adjacent to an activating group) is 1. The summed E-state index contributed by atoms with van der Waals surface area (Å²) in [5.74, 6) is 3.21. The van der Waals surface area contributed by atoms with Crippen LogP contribution in [0, 0.1) is 0 Å². The predicted molar refractivity (Wildman–Crippen MR) is 137 cm³/mol. The zero-order valence-electron chi connectivity index (χ0n) is 21.1. The third-order valence-electron chi connectivity index (χ3n) is 6.80. The minimum Gasteiger partial charge on any atom is -0.504 e. The maximum absolute atomic E-state index is 9.95. The molecule has 2 aliphatic heterocycles. The fraction of sp³-hybridized carbons (Fsp3) is 0.407. The number of benzene rings is 2. The van der Waals surface area contributed by atoms with Gasteiger partial charge in [-0.2, -0.15) is 4.98 Å². The molecule has 2 aliphatic rings. The lowest BCUT2D eigenvalue weighted by Gasteiger charge is -2.34. The van der Waals surface area contributed by atoms with E-state index in [2.05, 4.69) is 21.7 Å². The lowest BCUT2D eigenvalue weighted by Crippen LogP contribution is -2.45. The molecule has 0 amide bonds. The van der Waals surface area contributed by atoms with Crippen molar-refractivity contribution < 1.29 is 19.3 Å². The third kappa shape index (κ3) is 5.17. The van der Waals surface area contributed by atoms with Gasteiger partial charge in [0, 0.05) is 52.2 Å². The van der Waals surface area contributed by atoms with Crippen molar-refractivity contribution in [2.45, 2.75) is 19.5 Å². The van der Waals surface area contributed by atoms with Crippen molar-refractivity contribution in [3.8, 4) is 28.9 Å². The van der Waals surface area contributed by atoms with Gasteiger partial charge in [-0.1, -0.05) is 18.2 Å². The SMILES string of the molecule is COc1cc(CN2CCc3nc(N4CCN(C)CC4)nc(Oc4ccccc4OC)c3C2)ccc1O. The van der Waals surface area contributed by atoms with E-state index in [1.807, 2.05) is 36.4 Å². The Labute approximate surface area is 211 Å². The van der Waals surface area contributed by atoms with Crippen LogP contribution in [0.3, 0.4) is 0 Å². The van der Waals surface area contributed by atoms with Gasteiger partial charge in [-0.15, -0.1) is 0 Å². The maximum atomic E-state index is 9.95. The van der Waals surface area contributed by atoms with Crippen molar-refractivity contribution in [3.05, 3.63) is 59.3 Å².